The fraction of sp³-hybridized carbons (Fsp3) is 0.333. The molecule has 17 heavy (non-hydrogen) atoms. The molecule has 0 bridgehead atoms. The second kappa shape index (κ2) is 4.88. The zero-order valence-electron chi connectivity index (χ0n) is 8.45. The summed E-state index contributed by atoms with van der Waals surface area (Å²) >= 11 is 0. The van der Waals surface area contributed by atoms with Gasteiger partial charge in [0.15, 0.2) is 5.75 Å². The van der Waals surface area contributed by atoms with Crippen molar-refractivity contribution in [3.8, 4) is 17.7 Å². The van der Waals surface area contributed by atoms with E-state index in [0.29, 0.717) is 5.56 Å². The molecule has 0 radical (unpaired) electrons. The highest BCUT2D eigenvalue weighted by atomic mass is 19.4. The summed E-state index contributed by atoms with van der Waals surface area (Å²) in [6.45, 7) is -0.0517. The van der Waals surface area contributed by atoms with Crippen LogP contribution in [0.5, 0.6) is 11.6 Å². The molecule has 0 saturated heterocycles. The van der Waals surface area contributed by atoms with Crippen molar-refractivity contribution in [1.29, 1.82) is 5.26 Å². The Hall–Kier alpha value is -2.01. The van der Waals surface area contributed by atoms with Crippen molar-refractivity contribution in [2.75, 3.05) is 0 Å². The van der Waals surface area contributed by atoms with Crippen molar-refractivity contribution >= 4 is 0 Å². The third-order valence-electron chi connectivity index (χ3n) is 1.82. The predicted octanol–water partition coefficient (Wildman–Crippen LogP) is 1.21. The van der Waals surface area contributed by atoms with Gasteiger partial charge in [-0.1, -0.05) is 0 Å². The van der Waals surface area contributed by atoms with E-state index in [1.165, 1.54) is 0 Å². The number of ether oxygens (including phenoxy) is 1. The van der Waals surface area contributed by atoms with Crippen molar-refractivity contribution in [2.24, 2.45) is 5.73 Å². The first-order valence-electron chi connectivity index (χ1n) is 4.42. The molecule has 0 unspecified atom stereocenters. The number of halogens is 3. The molecular formula is C9H8F3N3O2. The Morgan fingerprint density at radius 2 is 2.18 bits per heavy atom. The first kappa shape index (κ1) is 13.1. The summed E-state index contributed by atoms with van der Waals surface area (Å²) in [4.78, 5) is 3.42. The highest BCUT2D eigenvalue weighted by Gasteiger charge is 2.33. The van der Waals surface area contributed by atoms with Crippen LogP contribution in [-0.2, 0) is 13.0 Å². The molecule has 0 amide bonds. The van der Waals surface area contributed by atoms with Gasteiger partial charge in [0.1, 0.15) is 0 Å². The smallest absolute Gasteiger partial charge is 0.503 e. The molecule has 5 nitrogen and oxygen atoms in total. The fourth-order valence-electron chi connectivity index (χ4n) is 1.15. The lowest BCUT2D eigenvalue weighted by atomic mass is 10.1. The number of aromatic hydroxyl groups is 1. The van der Waals surface area contributed by atoms with Gasteiger partial charge < -0.3 is 15.6 Å². The lowest BCUT2D eigenvalue weighted by molar-refractivity contribution is -0.276. The Bertz CT molecular complexity index is 454. The molecule has 8 heteroatoms. The van der Waals surface area contributed by atoms with Gasteiger partial charge in [-0.15, -0.1) is 13.2 Å². The number of aromatic nitrogens is 1. The van der Waals surface area contributed by atoms with E-state index >= 15 is 0 Å². The van der Waals surface area contributed by atoms with Crippen LogP contribution in [0.2, 0.25) is 0 Å². The van der Waals surface area contributed by atoms with Gasteiger partial charge in [-0.2, -0.15) is 5.26 Å². The van der Waals surface area contributed by atoms with Crippen LogP contribution in [0.4, 0.5) is 13.2 Å². The van der Waals surface area contributed by atoms with Gasteiger partial charge in [0.05, 0.1) is 18.2 Å². The minimum atomic E-state index is -4.96. The first-order chi connectivity index (χ1) is 7.87. The molecule has 1 heterocycles. The van der Waals surface area contributed by atoms with Crippen LogP contribution in [0.25, 0.3) is 0 Å². The van der Waals surface area contributed by atoms with E-state index in [2.05, 4.69) is 9.72 Å². The van der Waals surface area contributed by atoms with Gasteiger partial charge in [0.2, 0.25) is 0 Å². The van der Waals surface area contributed by atoms with E-state index in [9.17, 15) is 18.3 Å². The van der Waals surface area contributed by atoms with Crippen LogP contribution in [-0.4, -0.2) is 16.5 Å². The average Bonchev–Trinajstić information content (AvgIpc) is 2.21. The van der Waals surface area contributed by atoms with E-state index in [4.69, 9.17) is 11.0 Å². The number of alkyl halides is 3. The van der Waals surface area contributed by atoms with Crippen molar-refractivity contribution < 1.29 is 23.0 Å². The topological polar surface area (TPSA) is 92.2 Å². The second-order valence-electron chi connectivity index (χ2n) is 3.01. The summed E-state index contributed by atoms with van der Waals surface area (Å²) in [5, 5.41) is 17.7. The Balaban J connectivity index is 3.16. The zero-order valence-corrected chi connectivity index (χ0v) is 8.45. The van der Waals surface area contributed by atoms with Gasteiger partial charge >= 0.3 is 6.36 Å². The maximum atomic E-state index is 12.0. The van der Waals surface area contributed by atoms with E-state index in [0.717, 1.165) is 6.07 Å². The number of rotatable bonds is 3. The molecule has 0 aliphatic heterocycles. The largest absolute Gasteiger partial charge is 0.574 e. The first-order valence-corrected chi connectivity index (χ1v) is 4.42. The maximum Gasteiger partial charge on any atom is 0.574 e. The highest BCUT2D eigenvalue weighted by molar-refractivity contribution is 5.39. The van der Waals surface area contributed by atoms with Crippen molar-refractivity contribution in [3.63, 3.8) is 0 Å². The standard InChI is InChI=1S/C9H8F3N3O2/c10-9(11,12)17-8-7(16)3-5(4-14)6(15-8)1-2-13/h3,16H,1,4,14H2. The fourth-order valence-corrected chi connectivity index (χ4v) is 1.15. The maximum absolute atomic E-state index is 12.0. The predicted molar refractivity (Wildman–Crippen MR) is 49.8 cm³/mol. The van der Waals surface area contributed by atoms with E-state index in [1.807, 2.05) is 0 Å². The SMILES string of the molecule is N#CCc1nc(OC(F)(F)F)c(O)cc1CN. The summed E-state index contributed by atoms with van der Waals surface area (Å²) in [5.74, 6) is -1.76. The summed E-state index contributed by atoms with van der Waals surface area (Å²) < 4.78 is 39.4. The number of hydrogen-bond acceptors (Lipinski definition) is 5. The number of nitriles is 1. The normalized spacial score (nSPS) is 11.0. The quantitative estimate of drug-likeness (QED) is 0.837. The Kier molecular flexibility index (Phi) is 3.75. The van der Waals surface area contributed by atoms with Gasteiger partial charge in [-0.05, 0) is 11.6 Å². The molecule has 0 aliphatic rings. The van der Waals surface area contributed by atoms with E-state index in [-0.39, 0.29) is 18.7 Å². The molecule has 1 aromatic rings. The molecule has 0 spiro atoms. The summed E-state index contributed by atoms with van der Waals surface area (Å²) in [6.07, 6.45) is -5.18. The van der Waals surface area contributed by atoms with Crippen LogP contribution in [0.1, 0.15) is 11.3 Å². The second-order valence-corrected chi connectivity index (χ2v) is 3.01. The third kappa shape index (κ3) is 3.49. The zero-order chi connectivity index (χ0) is 13.1. The van der Waals surface area contributed by atoms with Gasteiger partial charge in [0.25, 0.3) is 5.88 Å². The number of pyridine rings is 1. The van der Waals surface area contributed by atoms with Gasteiger partial charge in [0, 0.05) is 6.54 Å². The van der Waals surface area contributed by atoms with Crippen LogP contribution in [0.15, 0.2) is 6.07 Å². The molecule has 0 aromatic carbocycles. The highest BCUT2D eigenvalue weighted by Crippen LogP contribution is 2.31. The number of nitrogens with zero attached hydrogens (tertiary/aromatic N) is 2. The molecule has 0 atom stereocenters. The molecule has 0 fully saturated rings. The minimum Gasteiger partial charge on any atom is -0.503 e. The summed E-state index contributed by atoms with van der Waals surface area (Å²) in [6, 6.07) is 2.73. The average molecular weight is 247 g/mol. The van der Waals surface area contributed by atoms with E-state index in [1.54, 1.807) is 6.07 Å². The lowest BCUT2D eigenvalue weighted by Crippen LogP contribution is -2.19. The van der Waals surface area contributed by atoms with Crippen LogP contribution in [0, 0.1) is 11.3 Å². The van der Waals surface area contributed by atoms with E-state index < -0.39 is 18.0 Å². The van der Waals surface area contributed by atoms with Crippen molar-refractivity contribution in [1.82, 2.24) is 4.98 Å². The molecule has 92 valence electrons. The summed E-state index contributed by atoms with van der Waals surface area (Å²) in [5.41, 5.74) is 5.64. The molecule has 3 N–H and O–H groups in total. The molecule has 0 saturated carbocycles. The number of hydrogen-bond donors (Lipinski definition) is 2. The monoisotopic (exact) mass is 247 g/mol. The van der Waals surface area contributed by atoms with Crippen molar-refractivity contribution in [2.45, 2.75) is 19.3 Å². The molecule has 1 aromatic heterocycles. The lowest BCUT2D eigenvalue weighted by Gasteiger charge is -2.12. The Labute approximate surface area is 94.2 Å². The van der Waals surface area contributed by atoms with Gasteiger partial charge in [-0.3, -0.25) is 0 Å². The summed E-state index contributed by atoms with van der Waals surface area (Å²) in [7, 11) is 0. The van der Waals surface area contributed by atoms with Crippen molar-refractivity contribution in [3.05, 3.63) is 17.3 Å². The third-order valence-corrected chi connectivity index (χ3v) is 1.82. The van der Waals surface area contributed by atoms with Crippen LogP contribution in [0.3, 0.4) is 0 Å². The molecular weight excluding hydrogens is 239 g/mol. The minimum absolute atomic E-state index is 0.0482. The Morgan fingerprint density at radius 1 is 1.53 bits per heavy atom. The molecule has 1 rings (SSSR count). The molecule has 0 aliphatic carbocycles. The van der Waals surface area contributed by atoms with Gasteiger partial charge in [-0.25, -0.2) is 4.98 Å². The van der Waals surface area contributed by atoms with Crippen LogP contribution < -0.4 is 10.5 Å². The Morgan fingerprint density at radius 3 is 2.65 bits per heavy atom. The number of nitrogens with two attached hydrogens (primary N) is 1. The van der Waals surface area contributed by atoms with Crippen LogP contribution >= 0.6 is 0 Å².